The van der Waals surface area contributed by atoms with Crippen molar-refractivity contribution < 1.29 is 19.5 Å². The van der Waals surface area contributed by atoms with Gasteiger partial charge in [0.25, 0.3) is 0 Å². The minimum absolute atomic E-state index is 0.146. The molecule has 206 valence electrons. The van der Waals surface area contributed by atoms with E-state index in [-0.39, 0.29) is 18.2 Å². The summed E-state index contributed by atoms with van der Waals surface area (Å²) in [7, 11) is 0. The van der Waals surface area contributed by atoms with Gasteiger partial charge in [-0.25, -0.2) is 9.78 Å². The number of H-pyrrole nitrogens is 1. The average Bonchev–Trinajstić information content (AvgIpc) is 3.43. The number of carbonyl (C=O) groups excluding carboxylic acids is 2. The third-order valence-electron chi connectivity index (χ3n) is 8.04. The first-order chi connectivity index (χ1) is 18.3. The molecule has 4 rings (SSSR count). The van der Waals surface area contributed by atoms with Gasteiger partial charge in [0.2, 0.25) is 5.91 Å². The molecule has 1 aromatic heterocycles. The topological polar surface area (TPSA) is 127 Å². The number of aliphatic carboxylic acids is 1. The Balaban J connectivity index is 1.43. The summed E-state index contributed by atoms with van der Waals surface area (Å²) >= 11 is 12.4. The predicted octanol–water partition coefficient (Wildman–Crippen LogP) is 4.44. The number of carbonyl (C=O) groups is 3. The minimum atomic E-state index is -0.869. The highest BCUT2D eigenvalue weighted by Gasteiger charge is 2.48. The lowest BCUT2D eigenvalue weighted by Crippen LogP contribution is -2.56. The summed E-state index contributed by atoms with van der Waals surface area (Å²) in [6, 6.07) is 3.71. The van der Waals surface area contributed by atoms with E-state index in [9.17, 15) is 19.5 Å². The lowest BCUT2D eigenvalue weighted by atomic mass is 9.64. The van der Waals surface area contributed by atoms with Crippen molar-refractivity contribution in [3.63, 3.8) is 0 Å². The molecule has 2 aliphatic rings. The Morgan fingerprint density at radius 3 is 2.53 bits per heavy atom. The smallest absolute Gasteiger partial charge is 0.315 e. The van der Waals surface area contributed by atoms with Crippen molar-refractivity contribution in [2.45, 2.75) is 63.8 Å². The van der Waals surface area contributed by atoms with E-state index in [1.807, 2.05) is 0 Å². The first kappa shape index (κ1) is 28.2. The number of halogens is 2. The van der Waals surface area contributed by atoms with Gasteiger partial charge in [0.1, 0.15) is 6.04 Å². The van der Waals surface area contributed by atoms with Crippen molar-refractivity contribution in [1.82, 2.24) is 25.5 Å². The predicted molar refractivity (Wildman–Crippen MR) is 145 cm³/mol. The Labute approximate surface area is 232 Å². The molecule has 1 unspecified atom stereocenters. The minimum Gasteiger partial charge on any atom is -0.481 e. The molecule has 0 spiro atoms. The van der Waals surface area contributed by atoms with E-state index in [2.05, 4.69) is 20.6 Å². The molecule has 1 atom stereocenters. The maximum atomic E-state index is 13.7. The molecule has 1 saturated heterocycles. The van der Waals surface area contributed by atoms with Gasteiger partial charge in [-0.3, -0.25) is 9.59 Å². The molecule has 2 heterocycles. The zero-order valence-electron chi connectivity index (χ0n) is 21.3. The van der Waals surface area contributed by atoms with Crippen molar-refractivity contribution in [3.8, 4) is 0 Å². The highest BCUT2D eigenvalue weighted by molar-refractivity contribution is 6.35. The van der Waals surface area contributed by atoms with Crippen LogP contribution in [0.5, 0.6) is 0 Å². The Morgan fingerprint density at radius 2 is 1.89 bits per heavy atom. The van der Waals surface area contributed by atoms with E-state index in [1.54, 1.807) is 35.6 Å². The van der Waals surface area contributed by atoms with Gasteiger partial charge in [-0.15, -0.1) is 0 Å². The number of hydrogen-bond donors (Lipinski definition) is 4. The second kappa shape index (κ2) is 12.8. The zero-order chi connectivity index (χ0) is 27.1. The van der Waals surface area contributed by atoms with Crippen molar-refractivity contribution >= 4 is 41.1 Å². The molecule has 0 radical (unpaired) electrons. The van der Waals surface area contributed by atoms with Crippen molar-refractivity contribution in [2.75, 3.05) is 19.6 Å². The second-order valence-electron chi connectivity index (χ2n) is 10.3. The van der Waals surface area contributed by atoms with E-state index in [1.165, 1.54) is 0 Å². The Hall–Kier alpha value is -2.78. The number of rotatable bonds is 9. The molecular formula is C27H35Cl2N5O4. The molecule has 9 nitrogen and oxygen atoms in total. The van der Waals surface area contributed by atoms with Gasteiger partial charge in [-0.2, -0.15) is 0 Å². The monoisotopic (exact) mass is 563 g/mol. The standard InChI is InChI=1S/C27H35Cl2N5O4/c28-20-7-6-18(22(29)15-20)14-23(33-26(38)31-11-8-21-16-30-17-32-21)24(35)34-12-9-27(10-13-34,25(36)37)19-4-2-1-3-5-19/h6-7,15-17,19,23H,1-5,8-14H2,(H,30,32)(H,36,37)(H2,31,33,38). The maximum absolute atomic E-state index is 13.7. The summed E-state index contributed by atoms with van der Waals surface area (Å²) in [5, 5.41) is 16.7. The second-order valence-corrected chi connectivity index (χ2v) is 11.2. The molecule has 2 fully saturated rings. The fraction of sp³-hybridized carbons (Fsp3) is 0.556. The molecule has 0 bridgehead atoms. The number of benzene rings is 1. The number of likely N-dealkylation sites (tertiary alicyclic amines) is 1. The summed E-state index contributed by atoms with van der Waals surface area (Å²) in [6.07, 6.45) is 10.0. The van der Waals surface area contributed by atoms with E-state index in [0.29, 0.717) is 54.5 Å². The van der Waals surface area contributed by atoms with E-state index < -0.39 is 23.5 Å². The summed E-state index contributed by atoms with van der Waals surface area (Å²) in [5.74, 6) is -0.857. The molecule has 38 heavy (non-hydrogen) atoms. The number of amides is 3. The lowest BCUT2D eigenvalue weighted by Gasteiger charge is -2.45. The third-order valence-corrected chi connectivity index (χ3v) is 8.63. The van der Waals surface area contributed by atoms with Crippen LogP contribution < -0.4 is 10.6 Å². The summed E-state index contributed by atoms with van der Waals surface area (Å²) in [5.41, 5.74) is 0.716. The van der Waals surface area contributed by atoms with Crippen LogP contribution in [-0.4, -0.2) is 63.6 Å². The molecule has 1 aromatic carbocycles. The average molecular weight is 565 g/mol. The normalized spacial score (nSPS) is 18.5. The number of nitrogens with zero attached hydrogens (tertiary/aromatic N) is 2. The number of imidazole rings is 1. The highest BCUT2D eigenvalue weighted by Crippen LogP contribution is 2.46. The summed E-state index contributed by atoms with van der Waals surface area (Å²) in [4.78, 5) is 47.5. The fourth-order valence-corrected chi connectivity index (χ4v) is 6.33. The van der Waals surface area contributed by atoms with E-state index in [0.717, 1.165) is 37.8 Å². The van der Waals surface area contributed by atoms with Gasteiger partial charge in [0.05, 0.1) is 17.4 Å². The van der Waals surface area contributed by atoms with Gasteiger partial charge < -0.3 is 25.6 Å². The van der Waals surface area contributed by atoms with Gasteiger partial charge in [0.15, 0.2) is 0 Å². The molecule has 3 amide bonds. The van der Waals surface area contributed by atoms with E-state index >= 15 is 0 Å². The fourth-order valence-electron chi connectivity index (χ4n) is 5.85. The Bertz CT molecular complexity index is 1110. The number of aromatic nitrogens is 2. The van der Waals surface area contributed by atoms with E-state index in [4.69, 9.17) is 23.2 Å². The van der Waals surface area contributed by atoms with Crippen LogP contribution in [0.2, 0.25) is 10.0 Å². The molecule has 4 N–H and O–H groups in total. The quantitative estimate of drug-likeness (QED) is 0.358. The molecular weight excluding hydrogens is 529 g/mol. The molecule has 1 saturated carbocycles. The van der Waals surface area contributed by atoms with Crippen molar-refractivity contribution in [3.05, 3.63) is 52.0 Å². The number of urea groups is 1. The molecule has 2 aromatic rings. The first-order valence-electron chi connectivity index (χ1n) is 13.3. The lowest BCUT2D eigenvalue weighted by molar-refractivity contribution is -0.160. The number of nitrogens with one attached hydrogen (secondary N) is 3. The van der Waals surface area contributed by atoms with Crippen molar-refractivity contribution in [1.29, 1.82) is 0 Å². The van der Waals surface area contributed by atoms with Crippen LogP contribution in [0, 0.1) is 11.3 Å². The Morgan fingerprint density at radius 1 is 1.16 bits per heavy atom. The molecule has 11 heteroatoms. The van der Waals surface area contributed by atoms with Crippen LogP contribution in [0.1, 0.15) is 56.2 Å². The number of carboxylic acid groups (broad SMARTS) is 1. The summed E-state index contributed by atoms with van der Waals surface area (Å²) in [6.45, 7) is 1.04. The molecule has 1 aliphatic heterocycles. The summed E-state index contributed by atoms with van der Waals surface area (Å²) < 4.78 is 0. The zero-order valence-corrected chi connectivity index (χ0v) is 22.9. The van der Waals surface area contributed by atoms with Gasteiger partial charge in [0, 0.05) is 48.7 Å². The number of aromatic amines is 1. The van der Waals surface area contributed by atoms with Gasteiger partial charge in [-0.05, 0) is 49.3 Å². The van der Waals surface area contributed by atoms with Crippen LogP contribution in [0.15, 0.2) is 30.7 Å². The van der Waals surface area contributed by atoms with Crippen LogP contribution >= 0.6 is 23.2 Å². The maximum Gasteiger partial charge on any atom is 0.315 e. The first-order valence-corrected chi connectivity index (χ1v) is 14.0. The number of piperidine rings is 1. The van der Waals surface area contributed by atoms with Crippen molar-refractivity contribution in [2.24, 2.45) is 11.3 Å². The van der Waals surface area contributed by atoms with Gasteiger partial charge in [-0.1, -0.05) is 48.5 Å². The van der Waals surface area contributed by atoms with Crippen LogP contribution in [0.4, 0.5) is 4.79 Å². The van der Waals surface area contributed by atoms with Crippen LogP contribution in [0.25, 0.3) is 0 Å². The van der Waals surface area contributed by atoms with Crippen LogP contribution in [-0.2, 0) is 22.4 Å². The van der Waals surface area contributed by atoms with Crippen LogP contribution in [0.3, 0.4) is 0 Å². The number of hydrogen-bond acceptors (Lipinski definition) is 4. The number of carboxylic acids is 1. The largest absolute Gasteiger partial charge is 0.481 e. The van der Waals surface area contributed by atoms with Gasteiger partial charge >= 0.3 is 12.0 Å². The SMILES string of the molecule is O=C(NCCc1c[nH]cn1)NC(Cc1ccc(Cl)cc1Cl)C(=O)N1CCC(C(=O)O)(C2CCCCC2)CC1. The third kappa shape index (κ3) is 6.80. The Kier molecular flexibility index (Phi) is 9.54. The molecule has 1 aliphatic carbocycles. The highest BCUT2D eigenvalue weighted by atomic mass is 35.5.